The standard InChI is InChI=1S/C14H21NO/c1-3-13-11-14(6-4-5-12(13)2)15-7-9-16-10-8-15/h4,6,11H,3,5,7-10H2,1-2H3. The maximum atomic E-state index is 5.39. The smallest absolute Gasteiger partial charge is 0.0642 e. The fourth-order valence-corrected chi connectivity index (χ4v) is 2.26. The van der Waals surface area contributed by atoms with Gasteiger partial charge in [0.25, 0.3) is 0 Å². The fraction of sp³-hybridized carbons (Fsp3) is 0.571. The molecule has 2 rings (SSSR count). The van der Waals surface area contributed by atoms with Crippen LogP contribution in [0.5, 0.6) is 0 Å². The number of morpholine rings is 1. The number of allylic oxidation sites excluding steroid dienone is 5. The number of rotatable bonds is 2. The van der Waals surface area contributed by atoms with Gasteiger partial charge in [0.15, 0.2) is 0 Å². The lowest BCUT2D eigenvalue weighted by Gasteiger charge is -2.29. The van der Waals surface area contributed by atoms with E-state index in [1.165, 1.54) is 16.8 Å². The molecule has 0 atom stereocenters. The molecule has 1 aliphatic heterocycles. The van der Waals surface area contributed by atoms with Crippen LogP contribution in [0.4, 0.5) is 0 Å². The largest absolute Gasteiger partial charge is 0.378 e. The summed E-state index contributed by atoms with van der Waals surface area (Å²) in [6, 6.07) is 0. The SMILES string of the molecule is CCC1=C(C)CC=CC(N2CCOCC2)=C1. The van der Waals surface area contributed by atoms with E-state index in [2.05, 4.69) is 37.0 Å². The van der Waals surface area contributed by atoms with Crippen molar-refractivity contribution >= 4 is 0 Å². The summed E-state index contributed by atoms with van der Waals surface area (Å²) in [5.41, 5.74) is 4.35. The van der Waals surface area contributed by atoms with Crippen molar-refractivity contribution in [2.45, 2.75) is 26.7 Å². The molecule has 1 aliphatic carbocycles. The summed E-state index contributed by atoms with van der Waals surface area (Å²) in [6.07, 6.45) is 9.11. The molecule has 2 heteroatoms. The Hall–Kier alpha value is -1.02. The van der Waals surface area contributed by atoms with Gasteiger partial charge in [-0.3, -0.25) is 0 Å². The molecule has 0 aromatic carbocycles. The Bertz CT molecular complexity index is 333. The Morgan fingerprint density at radius 2 is 2.06 bits per heavy atom. The van der Waals surface area contributed by atoms with Crippen LogP contribution in [0.15, 0.2) is 35.1 Å². The Morgan fingerprint density at radius 3 is 2.75 bits per heavy atom. The molecule has 0 bridgehead atoms. The van der Waals surface area contributed by atoms with Crippen LogP contribution >= 0.6 is 0 Å². The zero-order chi connectivity index (χ0) is 11.4. The monoisotopic (exact) mass is 219 g/mol. The van der Waals surface area contributed by atoms with Gasteiger partial charge in [0.2, 0.25) is 0 Å². The molecule has 16 heavy (non-hydrogen) atoms. The van der Waals surface area contributed by atoms with E-state index in [0.29, 0.717) is 0 Å². The summed E-state index contributed by atoms with van der Waals surface area (Å²) in [5.74, 6) is 0. The second-order valence-electron chi connectivity index (χ2n) is 4.43. The van der Waals surface area contributed by atoms with Crippen LogP contribution in [0.2, 0.25) is 0 Å². The van der Waals surface area contributed by atoms with Crippen molar-refractivity contribution in [2.24, 2.45) is 0 Å². The number of nitrogens with zero attached hydrogens (tertiary/aromatic N) is 1. The molecule has 0 aromatic heterocycles. The predicted octanol–water partition coefficient (Wildman–Crippen LogP) is 2.89. The van der Waals surface area contributed by atoms with Gasteiger partial charge in [0, 0.05) is 18.8 Å². The van der Waals surface area contributed by atoms with Crippen LogP contribution < -0.4 is 0 Å². The first-order valence-corrected chi connectivity index (χ1v) is 6.21. The van der Waals surface area contributed by atoms with Gasteiger partial charge in [-0.15, -0.1) is 0 Å². The highest BCUT2D eigenvalue weighted by atomic mass is 16.5. The summed E-state index contributed by atoms with van der Waals surface area (Å²) in [7, 11) is 0. The Kier molecular flexibility index (Phi) is 3.83. The fourth-order valence-electron chi connectivity index (χ4n) is 2.26. The molecular formula is C14H21NO. The van der Waals surface area contributed by atoms with Crippen LogP contribution in [0.1, 0.15) is 26.7 Å². The van der Waals surface area contributed by atoms with Gasteiger partial charge in [-0.25, -0.2) is 0 Å². The first kappa shape index (κ1) is 11.5. The van der Waals surface area contributed by atoms with Crippen molar-refractivity contribution in [1.82, 2.24) is 4.90 Å². The third-order valence-corrected chi connectivity index (χ3v) is 3.34. The molecule has 0 N–H and O–H groups in total. The second kappa shape index (κ2) is 5.35. The van der Waals surface area contributed by atoms with Crippen LogP contribution in [0, 0.1) is 0 Å². The molecule has 0 aromatic rings. The van der Waals surface area contributed by atoms with Gasteiger partial charge >= 0.3 is 0 Å². The summed E-state index contributed by atoms with van der Waals surface area (Å²) in [4.78, 5) is 2.42. The third kappa shape index (κ3) is 2.56. The van der Waals surface area contributed by atoms with E-state index >= 15 is 0 Å². The zero-order valence-electron chi connectivity index (χ0n) is 10.3. The van der Waals surface area contributed by atoms with E-state index in [4.69, 9.17) is 4.74 Å². The highest BCUT2D eigenvalue weighted by molar-refractivity contribution is 5.36. The Morgan fingerprint density at radius 1 is 1.31 bits per heavy atom. The highest BCUT2D eigenvalue weighted by Gasteiger charge is 2.13. The van der Waals surface area contributed by atoms with Crippen LogP contribution in [-0.4, -0.2) is 31.2 Å². The number of hydrogen-bond acceptors (Lipinski definition) is 2. The number of ether oxygens (including phenoxy) is 1. The van der Waals surface area contributed by atoms with Crippen molar-refractivity contribution < 1.29 is 4.74 Å². The third-order valence-electron chi connectivity index (χ3n) is 3.34. The van der Waals surface area contributed by atoms with E-state index in [-0.39, 0.29) is 0 Å². The van der Waals surface area contributed by atoms with Crippen molar-refractivity contribution in [1.29, 1.82) is 0 Å². The van der Waals surface area contributed by atoms with E-state index < -0.39 is 0 Å². The maximum Gasteiger partial charge on any atom is 0.0642 e. The first-order valence-electron chi connectivity index (χ1n) is 6.21. The van der Waals surface area contributed by atoms with Gasteiger partial charge in [-0.1, -0.05) is 18.6 Å². The molecule has 0 unspecified atom stereocenters. The lowest BCUT2D eigenvalue weighted by atomic mass is 10.1. The molecule has 1 fully saturated rings. The minimum Gasteiger partial charge on any atom is -0.378 e. The molecule has 2 nitrogen and oxygen atoms in total. The number of hydrogen-bond donors (Lipinski definition) is 0. The van der Waals surface area contributed by atoms with Crippen LogP contribution in [0.3, 0.4) is 0 Å². The summed E-state index contributed by atoms with van der Waals surface area (Å²) < 4.78 is 5.39. The topological polar surface area (TPSA) is 12.5 Å². The minimum atomic E-state index is 0.856. The van der Waals surface area contributed by atoms with Crippen molar-refractivity contribution in [2.75, 3.05) is 26.3 Å². The summed E-state index contributed by atoms with van der Waals surface area (Å²) in [5, 5.41) is 0. The first-order chi connectivity index (χ1) is 7.81. The molecule has 1 heterocycles. The van der Waals surface area contributed by atoms with Gasteiger partial charge in [0.1, 0.15) is 0 Å². The molecule has 0 saturated carbocycles. The Balaban J connectivity index is 2.18. The Labute approximate surface area is 98.3 Å². The molecule has 0 radical (unpaired) electrons. The van der Waals surface area contributed by atoms with Gasteiger partial charge < -0.3 is 9.64 Å². The summed E-state index contributed by atoms with van der Waals surface area (Å²) >= 11 is 0. The highest BCUT2D eigenvalue weighted by Crippen LogP contribution is 2.22. The van der Waals surface area contributed by atoms with Gasteiger partial charge in [0.05, 0.1) is 13.2 Å². The van der Waals surface area contributed by atoms with E-state index in [1.54, 1.807) is 0 Å². The van der Waals surface area contributed by atoms with E-state index in [1.807, 2.05) is 0 Å². The maximum absolute atomic E-state index is 5.39. The van der Waals surface area contributed by atoms with Gasteiger partial charge in [-0.2, -0.15) is 0 Å². The van der Waals surface area contributed by atoms with E-state index in [9.17, 15) is 0 Å². The predicted molar refractivity (Wildman–Crippen MR) is 67.2 cm³/mol. The molecule has 0 spiro atoms. The molecule has 0 amide bonds. The van der Waals surface area contributed by atoms with Crippen molar-refractivity contribution in [3.05, 3.63) is 35.1 Å². The van der Waals surface area contributed by atoms with Crippen LogP contribution in [0.25, 0.3) is 0 Å². The lowest BCUT2D eigenvalue weighted by molar-refractivity contribution is 0.0554. The average molecular weight is 219 g/mol. The quantitative estimate of drug-likeness (QED) is 0.708. The van der Waals surface area contributed by atoms with Crippen molar-refractivity contribution in [3.8, 4) is 0 Å². The van der Waals surface area contributed by atoms with Crippen LogP contribution in [-0.2, 0) is 4.74 Å². The summed E-state index contributed by atoms with van der Waals surface area (Å²) in [6.45, 7) is 8.22. The lowest BCUT2D eigenvalue weighted by Crippen LogP contribution is -2.35. The van der Waals surface area contributed by atoms with E-state index in [0.717, 1.165) is 39.1 Å². The van der Waals surface area contributed by atoms with Gasteiger partial charge in [-0.05, 0) is 37.5 Å². The molecule has 88 valence electrons. The molecule has 1 saturated heterocycles. The molecule has 2 aliphatic rings. The average Bonchev–Trinajstić information content (AvgIpc) is 2.52. The zero-order valence-corrected chi connectivity index (χ0v) is 10.3. The van der Waals surface area contributed by atoms with Crippen molar-refractivity contribution in [3.63, 3.8) is 0 Å². The molecular weight excluding hydrogens is 198 g/mol. The second-order valence-corrected chi connectivity index (χ2v) is 4.43. The minimum absolute atomic E-state index is 0.856. The normalized spacial score (nSPS) is 22.1.